The molecule has 2 N–H and O–H groups in total. The third kappa shape index (κ3) is 3.61. The number of H-pyrrole nitrogens is 1. The van der Waals surface area contributed by atoms with Gasteiger partial charge in [0.05, 0.1) is 17.3 Å². The molecule has 1 aromatic carbocycles. The number of halogens is 1. The first-order chi connectivity index (χ1) is 12.2. The van der Waals surface area contributed by atoms with E-state index in [4.69, 9.17) is 0 Å². The molecular weight excluding hydrogens is 319 g/mol. The van der Waals surface area contributed by atoms with Crippen LogP contribution in [0, 0.1) is 12.7 Å². The number of aromatic nitrogens is 4. The van der Waals surface area contributed by atoms with Crippen LogP contribution < -0.4 is 5.32 Å². The Bertz CT molecular complexity index is 852. The van der Waals surface area contributed by atoms with Gasteiger partial charge in [0.15, 0.2) is 5.65 Å². The van der Waals surface area contributed by atoms with Crippen LogP contribution in [0.5, 0.6) is 0 Å². The number of nitrogens with one attached hydrogen (secondary N) is 2. The summed E-state index contributed by atoms with van der Waals surface area (Å²) in [5, 5.41) is 11.3. The molecule has 7 heteroatoms. The van der Waals surface area contributed by atoms with Gasteiger partial charge in [-0.25, -0.2) is 9.37 Å². The summed E-state index contributed by atoms with van der Waals surface area (Å²) in [7, 11) is 0. The minimum Gasteiger partial charge on any atom is -0.351 e. The largest absolute Gasteiger partial charge is 0.351 e. The number of likely N-dealkylation sites (tertiary alicyclic amines) is 1. The molecule has 0 spiro atoms. The molecule has 0 saturated carbocycles. The molecule has 3 aromatic rings. The lowest BCUT2D eigenvalue weighted by Crippen LogP contribution is -2.39. The highest BCUT2D eigenvalue weighted by molar-refractivity contribution is 5.77. The van der Waals surface area contributed by atoms with Gasteiger partial charge in [-0.2, -0.15) is 10.1 Å². The average molecular weight is 340 g/mol. The van der Waals surface area contributed by atoms with Gasteiger partial charge in [0, 0.05) is 25.7 Å². The summed E-state index contributed by atoms with van der Waals surface area (Å²) in [5.74, 6) is 0.474. The lowest BCUT2D eigenvalue weighted by molar-refractivity contribution is 0.211. The number of piperidine rings is 1. The third-order valence-electron chi connectivity index (χ3n) is 4.74. The molecule has 0 bridgehead atoms. The molecule has 0 amide bonds. The summed E-state index contributed by atoms with van der Waals surface area (Å²) in [6.07, 6.45) is 3.82. The quantitative estimate of drug-likeness (QED) is 0.764. The highest BCUT2D eigenvalue weighted by Crippen LogP contribution is 2.19. The van der Waals surface area contributed by atoms with Crippen molar-refractivity contribution in [2.75, 3.05) is 18.4 Å². The molecule has 1 aliphatic rings. The van der Waals surface area contributed by atoms with Crippen LogP contribution in [0.25, 0.3) is 11.0 Å². The van der Waals surface area contributed by atoms with E-state index in [-0.39, 0.29) is 5.82 Å². The molecule has 130 valence electrons. The summed E-state index contributed by atoms with van der Waals surface area (Å²) in [6, 6.07) is 7.12. The number of hydrogen-bond donors (Lipinski definition) is 2. The Labute approximate surface area is 145 Å². The Morgan fingerprint density at radius 2 is 1.96 bits per heavy atom. The van der Waals surface area contributed by atoms with Crippen molar-refractivity contribution in [3.8, 4) is 0 Å². The zero-order valence-corrected chi connectivity index (χ0v) is 14.2. The van der Waals surface area contributed by atoms with Crippen LogP contribution in [0.4, 0.5) is 10.3 Å². The van der Waals surface area contributed by atoms with Crippen LogP contribution in [0.1, 0.15) is 24.1 Å². The van der Waals surface area contributed by atoms with Crippen molar-refractivity contribution in [2.45, 2.75) is 32.4 Å². The number of rotatable bonds is 4. The van der Waals surface area contributed by atoms with E-state index in [9.17, 15) is 4.39 Å². The Balaban J connectivity index is 1.34. The zero-order valence-electron chi connectivity index (χ0n) is 14.2. The van der Waals surface area contributed by atoms with Gasteiger partial charge in [-0.15, -0.1) is 0 Å². The molecule has 1 aliphatic heterocycles. The van der Waals surface area contributed by atoms with Crippen molar-refractivity contribution in [2.24, 2.45) is 0 Å². The molecule has 0 atom stereocenters. The molecule has 0 radical (unpaired) electrons. The number of hydrogen-bond acceptors (Lipinski definition) is 5. The number of aromatic amines is 1. The van der Waals surface area contributed by atoms with E-state index in [0.29, 0.717) is 12.0 Å². The normalized spacial score (nSPS) is 16.4. The summed E-state index contributed by atoms with van der Waals surface area (Å²) in [6.45, 7) is 4.83. The maximum atomic E-state index is 13.0. The van der Waals surface area contributed by atoms with Crippen molar-refractivity contribution in [3.63, 3.8) is 0 Å². The van der Waals surface area contributed by atoms with Gasteiger partial charge < -0.3 is 5.32 Å². The zero-order chi connectivity index (χ0) is 17.2. The number of aryl methyl sites for hydroxylation is 1. The molecule has 1 fully saturated rings. The van der Waals surface area contributed by atoms with Crippen molar-refractivity contribution < 1.29 is 4.39 Å². The molecular formula is C18H21FN6. The van der Waals surface area contributed by atoms with E-state index in [1.54, 1.807) is 6.20 Å². The van der Waals surface area contributed by atoms with Crippen LogP contribution in [0.3, 0.4) is 0 Å². The van der Waals surface area contributed by atoms with Crippen LogP contribution >= 0.6 is 0 Å². The van der Waals surface area contributed by atoms with E-state index in [1.165, 1.54) is 12.1 Å². The van der Waals surface area contributed by atoms with Crippen molar-refractivity contribution >= 4 is 17.0 Å². The van der Waals surface area contributed by atoms with Crippen LogP contribution in [-0.2, 0) is 6.54 Å². The van der Waals surface area contributed by atoms with Crippen molar-refractivity contribution in [1.82, 2.24) is 25.1 Å². The van der Waals surface area contributed by atoms with Gasteiger partial charge in [0.2, 0.25) is 5.95 Å². The average Bonchev–Trinajstić information content (AvgIpc) is 3.08. The molecule has 1 saturated heterocycles. The molecule has 6 nitrogen and oxygen atoms in total. The van der Waals surface area contributed by atoms with E-state index >= 15 is 0 Å². The second-order valence-corrected chi connectivity index (χ2v) is 6.59. The molecule has 4 rings (SSSR count). The van der Waals surface area contributed by atoms with Crippen LogP contribution in [-0.4, -0.2) is 44.2 Å². The number of benzene rings is 1. The maximum Gasteiger partial charge on any atom is 0.225 e. The van der Waals surface area contributed by atoms with E-state index in [0.717, 1.165) is 54.8 Å². The van der Waals surface area contributed by atoms with Crippen LogP contribution in [0.2, 0.25) is 0 Å². The Kier molecular flexibility index (Phi) is 4.31. The highest BCUT2D eigenvalue weighted by Gasteiger charge is 2.20. The second kappa shape index (κ2) is 6.76. The van der Waals surface area contributed by atoms with Gasteiger partial charge in [-0.1, -0.05) is 12.1 Å². The van der Waals surface area contributed by atoms with Crippen molar-refractivity contribution in [1.29, 1.82) is 0 Å². The molecule has 25 heavy (non-hydrogen) atoms. The molecule has 0 unspecified atom stereocenters. The lowest BCUT2D eigenvalue weighted by atomic mass is 10.0. The highest BCUT2D eigenvalue weighted by atomic mass is 19.1. The van der Waals surface area contributed by atoms with Gasteiger partial charge in [-0.3, -0.25) is 10.00 Å². The van der Waals surface area contributed by atoms with Gasteiger partial charge in [-0.05, 0) is 37.5 Å². The lowest BCUT2D eigenvalue weighted by Gasteiger charge is -2.32. The Hall–Kier alpha value is -2.54. The SMILES string of the molecule is Cc1nc(NC2CCN(Cc3ccc(F)cc3)CC2)nc2[nH]ncc12. The summed E-state index contributed by atoms with van der Waals surface area (Å²) in [4.78, 5) is 11.4. The predicted molar refractivity (Wildman–Crippen MR) is 94.7 cm³/mol. The first-order valence-electron chi connectivity index (χ1n) is 8.58. The minimum atomic E-state index is -0.184. The predicted octanol–water partition coefficient (Wildman–Crippen LogP) is 2.88. The Morgan fingerprint density at radius 3 is 2.72 bits per heavy atom. The minimum absolute atomic E-state index is 0.184. The van der Waals surface area contributed by atoms with E-state index in [1.807, 2.05) is 19.1 Å². The standard InChI is InChI=1S/C18H21FN6/c1-12-16-10-20-24-17(16)23-18(21-12)22-15-6-8-25(9-7-15)11-13-2-4-14(19)5-3-13/h2-5,10,15H,6-9,11H2,1H3,(H2,20,21,22,23,24). The first-order valence-corrected chi connectivity index (χ1v) is 8.58. The maximum absolute atomic E-state index is 13.0. The third-order valence-corrected chi connectivity index (χ3v) is 4.74. The monoisotopic (exact) mass is 340 g/mol. The number of nitrogens with zero attached hydrogens (tertiary/aromatic N) is 4. The van der Waals surface area contributed by atoms with Crippen LogP contribution in [0.15, 0.2) is 30.5 Å². The molecule has 3 heterocycles. The fraction of sp³-hybridized carbons (Fsp3) is 0.389. The van der Waals surface area contributed by atoms with Gasteiger partial charge in [0.25, 0.3) is 0 Å². The summed E-state index contributed by atoms with van der Waals surface area (Å²) < 4.78 is 13.0. The fourth-order valence-electron chi connectivity index (χ4n) is 3.31. The fourth-order valence-corrected chi connectivity index (χ4v) is 3.31. The van der Waals surface area contributed by atoms with Gasteiger partial charge in [0.1, 0.15) is 5.82 Å². The summed E-state index contributed by atoms with van der Waals surface area (Å²) >= 11 is 0. The molecule has 0 aliphatic carbocycles. The first kappa shape index (κ1) is 16.0. The van der Waals surface area contributed by atoms with E-state index < -0.39 is 0 Å². The number of anilines is 1. The topological polar surface area (TPSA) is 69.7 Å². The van der Waals surface area contributed by atoms with Crippen molar-refractivity contribution in [3.05, 3.63) is 47.5 Å². The second-order valence-electron chi connectivity index (χ2n) is 6.59. The van der Waals surface area contributed by atoms with E-state index in [2.05, 4.69) is 30.4 Å². The summed E-state index contributed by atoms with van der Waals surface area (Å²) in [5.41, 5.74) is 2.84. The smallest absolute Gasteiger partial charge is 0.225 e. The Morgan fingerprint density at radius 1 is 1.20 bits per heavy atom. The van der Waals surface area contributed by atoms with Gasteiger partial charge >= 0.3 is 0 Å². The molecule has 2 aromatic heterocycles. The number of fused-ring (bicyclic) bond motifs is 1.